The molecule has 0 aromatic carbocycles. The smallest absolute Gasteiger partial charge is 0.242 e. The maximum atomic E-state index is 12.0. The van der Waals surface area contributed by atoms with Crippen molar-refractivity contribution in [1.29, 1.82) is 0 Å². The van der Waals surface area contributed by atoms with Gasteiger partial charge in [0.1, 0.15) is 0 Å². The van der Waals surface area contributed by atoms with Crippen molar-refractivity contribution in [1.82, 2.24) is 9.80 Å². The number of amides is 1. The number of methoxy groups -OCH3 is 2. The Bertz CT molecular complexity index is 252. The van der Waals surface area contributed by atoms with E-state index >= 15 is 0 Å². The number of carbonyl (C=O) groups is 1. The first-order valence-electron chi connectivity index (χ1n) is 5.49. The second-order valence-corrected chi connectivity index (χ2v) is 4.63. The van der Waals surface area contributed by atoms with Gasteiger partial charge in [0, 0.05) is 34.4 Å². The minimum absolute atomic E-state index is 0.143. The third-order valence-electron chi connectivity index (χ3n) is 3.26. The van der Waals surface area contributed by atoms with Gasteiger partial charge in [-0.2, -0.15) is 0 Å². The van der Waals surface area contributed by atoms with Gasteiger partial charge in [-0.05, 0) is 13.8 Å². The van der Waals surface area contributed by atoms with Crippen LogP contribution in [0.15, 0.2) is 0 Å². The molecule has 1 saturated heterocycles. The van der Waals surface area contributed by atoms with E-state index in [9.17, 15) is 4.79 Å². The third kappa shape index (κ3) is 2.53. The van der Waals surface area contributed by atoms with E-state index in [1.54, 1.807) is 19.1 Å². The van der Waals surface area contributed by atoms with Crippen molar-refractivity contribution in [2.75, 3.05) is 40.9 Å². The Balaban J connectivity index is 2.70. The zero-order valence-electron chi connectivity index (χ0n) is 10.8. The van der Waals surface area contributed by atoms with Crippen LogP contribution in [-0.2, 0) is 14.3 Å². The number of rotatable bonds is 4. The summed E-state index contributed by atoms with van der Waals surface area (Å²) in [5, 5.41) is 0. The van der Waals surface area contributed by atoms with Crippen LogP contribution in [0.5, 0.6) is 0 Å². The maximum Gasteiger partial charge on any atom is 0.242 e. The molecule has 1 aliphatic rings. The Hall–Kier alpha value is -0.650. The number of ether oxygens (including phenoxy) is 2. The van der Waals surface area contributed by atoms with Gasteiger partial charge in [0.25, 0.3) is 0 Å². The van der Waals surface area contributed by atoms with Gasteiger partial charge in [-0.25, -0.2) is 0 Å². The number of hydrogen-bond acceptors (Lipinski definition) is 4. The molecule has 0 aromatic heterocycles. The molecule has 1 rings (SSSR count). The molecular weight excluding hydrogens is 208 g/mol. The molecule has 5 heteroatoms. The van der Waals surface area contributed by atoms with Crippen molar-refractivity contribution >= 4 is 5.91 Å². The normalized spacial score (nSPS) is 21.9. The van der Waals surface area contributed by atoms with Gasteiger partial charge in [0.2, 0.25) is 5.91 Å². The van der Waals surface area contributed by atoms with Crippen LogP contribution in [0.4, 0.5) is 0 Å². The van der Waals surface area contributed by atoms with Crippen LogP contribution in [0.3, 0.4) is 0 Å². The first kappa shape index (κ1) is 13.4. The zero-order valence-corrected chi connectivity index (χ0v) is 10.8. The lowest BCUT2D eigenvalue weighted by atomic mass is 9.98. The van der Waals surface area contributed by atoms with E-state index < -0.39 is 5.54 Å². The fourth-order valence-corrected chi connectivity index (χ4v) is 2.00. The highest BCUT2D eigenvalue weighted by atomic mass is 16.7. The molecule has 1 heterocycles. The minimum Gasteiger partial charge on any atom is -0.355 e. The molecule has 0 N–H and O–H groups in total. The molecule has 0 bridgehead atoms. The van der Waals surface area contributed by atoms with E-state index in [-0.39, 0.29) is 12.2 Å². The van der Waals surface area contributed by atoms with E-state index in [0.717, 1.165) is 13.1 Å². The molecule has 0 atom stereocenters. The second-order valence-electron chi connectivity index (χ2n) is 4.63. The fraction of sp³-hybridized carbons (Fsp3) is 0.909. The molecule has 1 aliphatic heterocycles. The van der Waals surface area contributed by atoms with Crippen LogP contribution < -0.4 is 0 Å². The lowest BCUT2D eigenvalue weighted by Crippen LogP contribution is -2.63. The molecule has 0 aromatic rings. The summed E-state index contributed by atoms with van der Waals surface area (Å²) >= 11 is 0. The van der Waals surface area contributed by atoms with E-state index in [4.69, 9.17) is 9.47 Å². The average Bonchev–Trinajstić information content (AvgIpc) is 2.26. The molecule has 5 nitrogen and oxygen atoms in total. The average molecular weight is 230 g/mol. The van der Waals surface area contributed by atoms with E-state index in [2.05, 4.69) is 4.90 Å². The molecular formula is C11H22N2O3. The summed E-state index contributed by atoms with van der Waals surface area (Å²) in [5.74, 6) is 0.143. The number of piperazine rings is 1. The van der Waals surface area contributed by atoms with Crippen LogP contribution >= 0.6 is 0 Å². The Morgan fingerprint density at radius 1 is 1.31 bits per heavy atom. The standard InChI is InChI=1S/C11H22N2O3/c1-11(2)10(14)12(3)6-7-13(11)8-9(15-4)16-5/h9H,6-8H2,1-5H3. The predicted octanol–water partition coefficient (Wildman–Crippen LogP) is 0.158. The van der Waals surface area contributed by atoms with Crippen molar-refractivity contribution in [3.63, 3.8) is 0 Å². The summed E-state index contributed by atoms with van der Waals surface area (Å²) in [4.78, 5) is 15.9. The van der Waals surface area contributed by atoms with Crippen LogP contribution in [-0.4, -0.2) is 68.4 Å². The van der Waals surface area contributed by atoms with Gasteiger partial charge in [-0.3, -0.25) is 9.69 Å². The van der Waals surface area contributed by atoms with Crippen LogP contribution in [0, 0.1) is 0 Å². The molecule has 94 valence electrons. The van der Waals surface area contributed by atoms with Crippen LogP contribution in [0.2, 0.25) is 0 Å². The van der Waals surface area contributed by atoms with Crippen LogP contribution in [0.25, 0.3) is 0 Å². The van der Waals surface area contributed by atoms with Gasteiger partial charge < -0.3 is 14.4 Å². The molecule has 0 spiro atoms. The lowest BCUT2D eigenvalue weighted by molar-refractivity contribution is -0.159. The summed E-state index contributed by atoms with van der Waals surface area (Å²) in [6, 6.07) is 0. The van der Waals surface area contributed by atoms with Gasteiger partial charge in [0.05, 0.1) is 12.1 Å². The fourth-order valence-electron chi connectivity index (χ4n) is 2.00. The molecule has 0 saturated carbocycles. The molecule has 16 heavy (non-hydrogen) atoms. The van der Waals surface area contributed by atoms with Crippen molar-refractivity contribution in [2.45, 2.75) is 25.7 Å². The Morgan fingerprint density at radius 3 is 2.38 bits per heavy atom. The van der Waals surface area contributed by atoms with E-state index in [0.29, 0.717) is 6.54 Å². The summed E-state index contributed by atoms with van der Waals surface area (Å²) in [6.07, 6.45) is -0.282. The van der Waals surface area contributed by atoms with E-state index in [1.165, 1.54) is 0 Å². The highest BCUT2D eigenvalue weighted by Gasteiger charge is 2.41. The summed E-state index contributed by atoms with van der Waals surface area (Å²) in [7, 11) is 5.06. The molecule has 0 aliphatic carbocycles. The maximum absolute atomic E-state index is 12.0. The molecule has 0 radical (unpaired) electrons. The van der Waals surface area contributed by atoms with E-state index in [1.807, 2.05) is 20.9 Å². The number of carbonyl (C=O) groups excluding carboxylic acids is 1. The lowest BCUT2D eigenvalue weighted by Gasteiger charge is -2.45. The highest BCUT2D eigenvalue weighted by molar-refractivity contribution is 5.86. The van der Waals surface area contributed by atoms with Crippen molar-refractivity contribution < 1.29 is 14.3 Å². The van der Waals surface area contributed by atoms with Gasteiger partial charge >= 0.3 is 0 Å². The highest BCUT2D eigenvalue weighted by Crippen LogP contribution is 2.22. The zero-order chi connectivity index (χ0) is 12.3. The van der Waals surface area contributed by atoms with Gasteiger partial charge in [0.15, 0.2) is 6.29 Å². The van der Waals surface area contributed by atoms with Crippen molar-refractivity contribution in [3.05, 3.63) is 0 Å². The monoisotopic (exact) mass is 230 g/mol. The Morgan fingerprint density at radius 2 is 1.88 bits per heavy atom. The number of likely N-dealkylation sites (N-methyl/N-ethyl adjacent to an activating group) is 1. The second kappa shape index (κ2) is 5.12. The largest absolute Gasteiger partial charge is 0.355 e. The molecule has 1 amide bonds. The number of nitrogens with zero attached hydrogens (tertiary/aromatic N) is 2. The topological polar surface area (TPSA) is 42.0 Å². The van der Waals surface area contributed by atoms with Gasteiger partial charge in [-0.15, -0.1) is 0 Å². The first-order chi connectivity index (χ1) is 7.43. The molecule has 0 unspecified atom stereocenters. The Kier molecular flexibility index (Phi) is 4.29. The van der Waals surface area contributed by atoms with Crippen molar-refractivity contribution in [2.24, 2.45) is 0 Å². The quantitative estimate of drug-likeness (QED) is 0.645. The first-order valence-corrected chi connectivity index (χ1v) is 5.49. The Labute approximate surface area is 97.3 Å². The number of hydrogen-bond donors (Lipinski definition) is 0. The summed E-state index contributed by atoms with van der Waals surface area (Å²) in [6.45, 7) is 6.08. The minimum atomic E-state index is -0.484. The third-order valence-corrected chi connectivity index (χ3v) is 3.26. The van der Waals surface area contributed by atoms with Crippen LogP contribution in [0.1, 0.15) is 13.8 Å². The molecule has 1 fully saturated rings. The summed E-state index contributed by atoms with van der Waals surface area (Å²) in [5.41, 5.74) is -0.484. The SMILES string of the molecule is COC(CN1CCN(C)C(=O)C1(C)C)OC. The van der Waals surface area contributed by atoms with Crippen molar-refractivity contribution in [3.8, 4) is 0 Å². The predicted molar refractivity (Wildman–Crippen MR) is 61.1 cm³/mol. The van der Waals surface area contributed by atoms with Gasteiger partial charge in [-0.1, -0.05) is 0 Å². The summed E-state index contributed by atoms with van der Waals surface area (Å²) < 4.78 is 10.3.